The molecule has 0 aromatic rings. The minimum atomic E-state index is -0.203. The van der Waals surface area contributed by atoms with Gasteiger partial charge in [0, 0.05) is 13.8 Å². The Morgan fingerprint density at radius 1 is 0.528 bits per heavy atom. The number of hydrogen-bond donors (Lipinski definition) is 0. The third-order valence-corrected chi connectivity index (χ3v) is 5.08. The van der Waals surface area contributed by atoms with Crippen molar-refractivity contribution in [1.29, 1.82) is 0 Å². The van der Waals surface area contributed by atoms with Crippen LogP contribution in [0.25, 0.3) is 0 Å². The molecule has 0 spiro atoms. The van der Waals surface area contributed by atoms with E-state index in [-0.39, 0.29) is 11.9 Å². The maximum Gasteiger partial charge on any atom is 0.302 e. The molecular formula is C32H54O4. The lowest BCUT2D eigenvalue weighted by atomic mass is 10.1. The van der Waals surface area contributed by atoms with Gasteiger partial charge in [-0.05, 0) is 71.1 Å². The van der Waals surface area contributed by atoms with Crippen LogP contribution in [0.1, 0.15) is 118 Å². The summed E-state index contributed by atoms with van der Waals surface area (Å²) in [6.45, 7) is 8.18. The van der Waals surface area contributed by atoms with Crippen molar-refractivity contribution in [2.45, 2.75) is 118 Å². The quantitative estimate of drug-likeness (QED) is 0.0891. The first-order valence-electron chi connectivity index (χ1n) is 14.0. The van der Waals surface area contributed by atoms with Crippen LogP contribution in [0.2, 0.25) is 0 Å². The maximum atomic E-state index is 10.5. The summed E-state index contributed by atoms with van der Waals surface area (Å²) in [5.74, 6) is -0.370. The van der Waals surface area contributed by atoms with Gasteiger partial charge in [-0.3, -0.25) is 9.59 Å². The highest BCUT2D eigenvalue weighted by Crippen LogP contribution is 2.08. The Kier molecular flexibility index (Phi) is 32.5. The first-order valence-corrected chi connectivity index (χ1v) is 14.0. The van der Waals surface area contributed by atoms with Gasteiger partial charge in [0.25, 0.3) is 0 Å². The summed E-state index contributed by atoms with van der Waals surface area (Å²) in [5.41, 5.74) is 0. The molecule has 4 heteroatoms. The predicted molar refractivity (Wildman–Crippen MR) is 155 cm³/mol. The van der Waals surface area contributed by atoms with E-state index in [0.29, 0.717) is 13.2 Å². The molecular weight excluding hydrogens is 448 g/mol. The second-order valence-corrected chi connectivity index (χ2v) is 8.64. The minimum Gasteiger partial charge on any atom is -0.466 e. The van der Waals surface area contributed by atoms with Gasteiger partial charge in [-0.1, -0.05) is 93.4 Å². The number of carbonyl (C=O) groups is 2. The van der Waals surface area contributed by atoms with Crippen LogP contribution in [0.5, 0.6) is 0 Å². The highest BCUT2D eigenvalue weighted by Gasteiger charge is 1.94. The van der Waals surface area contributed by atoms with E-state index in [1.54, 1.807) is 0 Å². The van der Waals surface area contributed by atoms with Gasteiger partial charge in [0.15, 0.2) is 0 Å². The van der Waals surface area contributed by atoms with Crippen molar-refractivity contribution in [2.24, 2.45) is 0 Å². The normalized spacial score (nSPS) is 11.7. The second kappa shape index (κ2) is 32.6. The molecule has 0 aromatic carbocycles. The van der Waals surface area contributed by atoms with Crippen molar-refractivity contribution in [3.8, 4) is 0 Å². The van der Waals surface area contributed by atoms with Crippen LogP contribution in [0.3, 0.4) is 0 Å². The van der Waals surface area contributed by atoms with Crippen molar-refractivity contribution in [2.75, 3.05) is 13.2 Å². The molecule has 0 fully saturated rings. The Morgan fingerprint density at radius 3 is 1.61 bits per heavy atom. The number of allylic oxidation sites excluding steroid dienone is 9. The Hall–Kier alpha value is -2.36. The fourth-order valence-electron chi connectivity index (χ4n) is 3.13. The molecule has 0 atom stereocenters. The monoisotopic (exact) mass is 502 g/mol. The Balaban J connectivity index is 0. The van der Waals surface area contributed by atoms with Gasteiger partial charge < -0.3 is 9.47 Å². The van der Waals surface area contributed by atoms with Gasteiger partial charge in [-0.25, -0.2) is 0 Å². The Bertz CT molecular complexity index is 626. The summed E-state index contributed by atoms with van der Waals surface area (Å²) in [6, 6.07) is 0. The van der Waals surface area contributed by atoms with E-state index >= 15 is 0 Å². The van der Waals surface area contributed by atoms with Crippen molar-refractivity contribution in [3.05, 3.63) is 60.8 Å². The number of unbranched alkanes of at least 4 members (excludes halogenated alkanes) is 8. The van der Waals surface area contributed by atoms with Gasteiger partial charge >= 0.3 is 11.9 Å². The molecule has 0 amide bonds. The van der Waals surface area contributed by atoms with E-state index in [2.05, 4.69) is 74.6 Å². The van der Waals surface area contributed by atoms with Crippen molar-refractivity contribution >= 4 is 11.9 Å². The second-order valence-electron chi connectivity index (χ2n) is 8.64. The summed E-state index contributed by atoms with van der Waals surface area (Å²) in [6.07, 6.45) is 37.8. The van der Waals surface area contributed by atoms with E-state index in [0.717, 1.165) is 44.9 Å². The molecule has 0 rings (SSSR count). The fourth-order valence-corrected chi connectivity index (χ4v) is 3.13. The average molecular weight is 503 g/mol. The summed E-state index contributed by atoms with van der Waals surface area (Å²) >= 11 is 0. The number of esters is 2. The Morgan fingerprint density at radius 2 is 1.00 bits per heavy atom. The van der Waals surface area contributed by atoms with Crippen molar-refractivity contribution in [1.82, 2.24) is 0 Å². The van der Waals surface area contributed by atoms with Crippen LogP contribution in [0.15, 0.2) is 60.8 Å². The molecule has 4 nitrogen and oxygen atoms in total. The van der Waals surface area contributed by atoms with Crippen molar-refractivity contribution < 1.29 is 19.1 Å². The molecule has 0 radical (unpaired) electrons. The van der Waals surface area contributed by atoms with E-state index in [1.165, 1.54) is 58.8 Å². The highest BCUT2D eigenvalue weighted by molar-refractivity contribution is 5.66. The first-order chi connectivity index (χ1) is 17.5. The van der Waals surface area contributed by atoms with Crippen LogP contribution in [-0.4, -0.2) is 25.2 Å². The average Bonchev–Trinajstić information content (AvgIpc) is 2.85. The van der Waals surface area contributed by atoms with Crippen LogP contribution >= 0.6 is 0 Å². The number of hydrogen-bond acceptors (Lipinski definition) is 4. The number of rotatable bonds is 21. The molecule has 0 aliphatic heterocycles. The third kappa shape index (κ3) is 38.9. The van der Waals surface area contributed by atoms with E-state index in [9.17, 15) is 9.59 Å². The smallest absolute Gasteiger partial charge is 0.302 e. The highest BCUT2D eigenvalue weighted by atomic mass is 16.5. The van der Waals surface area contributed by atoms with Crippen LogP contribution < -0.4 is 0 Å². The standard InChI is InChI=1S/C16H28O2.C16H26O2/c2*1-3-4-5-6-7-8-9-10-11-12-13-14-15-18-16(2)17/h3-4,6-7H,5,8-15H2,1-2H3;4-5,7-8,12-13H,3,6,9-11,14-15H2,1-2H3/b4-3+,7-6-;5-4-,8-7-,13-12+. The molecule has 206 valence electrons. The molecule has 0 N–H and O–H groups in total. The topological polar surface area (TPSA) is 52.6 Å². The molecule has 0 aliphatic rings. The van der Waals surface area contributed by atoms with Gasteiger partial charge in [-0.15, -0.1) is 0 Å². The summed E-state index contributed by atoms with van der Waals surface area (Å²) in [7, 11) is 0. The molecule has 0 saturated carbocycles. The fraction of sp³-hybridized carbons (Fsp3) is 0.625. The lowest BCUT2D eigenvalue weighted by molar-refractivity contribution is -0.141. The summed E-state index contributed by atoms with van der Waals surface area (Å²) in [5, 5.41) is 0. The molecule has 36 heavy (non-hydrogen) atoms. The Labute approximate surface area is 222 Å². The number of carbonyl (C=O) groups excluding carboxylic acids is 2. The third-order valence-electron chi connectivity index (χ3n) is 5.08. The van der Waals surface area contributed by atoms with Gasteiger partial charge in [0.1, 0.15) is 0 Å². The zero-order valence-corrected chi connectivity index (χ0v) is 23.7. The first kappa shape index (κ1) is 35.8. The lowest BCUT2D eigenvalue weighted by Crippen LogP contribution is -1.99. The van der Waals surface area contributed by atoms with E-state index in [4.69, 9.17) is 9.47 Å². The molecule has 0 aliphatic carbocycles. The van der Waals surface area contributed by atoms with Gasteiger partial charge in [0.05, 0.1) is 13.2 Å². The summed E-state index contributed by atoms with van der Waals surface area (Å²) < 4.78 is 9.71. The molecule has 0 unspecified atom stereocenters. The van der Waals surface area contributed by atoms with E-state index in [1.807, 2.05) is 0 Å². The molecule has 0 saturated heterocycles. The molecule has 0 aromatic heterocycles. The van der Waals surface area contributed by atoms with Gasteiger partial charge in [0.2, 0.25) is 0 Å². The SMILES string of the molecule is C/C=C/C/C=C\CCCCCCCCOC(C)=O.CC/C=C\C/C=C\CCC/C=C/CCOC(C)=O. The van der Waals surface area contributed by atoms with Crippen LogP contribution in [-0.2, 0) is 19.1 Å². The zero-order chi connectivity index (χ0) is 27.0. The van der Waals surface area contributed by atoms with E-state index < -0.39 is 0 Å². The summed E-state index contributed by atoms with van der Waals surface area (Å²) in [4.78, 5) is 21.0. The zero-order valence-electron chi connectivity index (χ0n) is 23.7. The number of ether oxygens (including phenoxy) is 2. The van der Waals surface area contributed by atoms with Crippen LogP contribution in [0.4, 0.5) is 0 Å². The van der Waals surface area contributed by atoms with Crippen LogP contribution in [0, 0.1) is 0 Å². The van der Waals surface area contributed by atoms with Crippen molar-refractivity contribution in [3.63, 3.8) is 0 Å². The van der Waals surface area contributed by atoms with Gasteiger partial charge in [-0.2, -0.15) is 0 Å². The molecule has 0 heterocycles. The maximum absolute atomic E-state index is 10.5. The molecule has 0 bridgehead atoms. The largest absolute Gasteiger partial charge is 0.466 e. The minimum absolute atomic E-state index is 0.167. The predicted octanol–water partition coefficient (Wildman–Crippen LogP) is 9.38. The lowest BCUT2D eigenvalue weighted by Gasteiger charge is -2.01.